The predicted molar refractivity (Wildman–Crippen MR) is 125 cm³/mol. The van der Waals surface area contributed by atoms with Crippen LogP contribution in [0.25, 0.3) is 0 Å². The van der Waals surface area contributed by atoms with E-state index in [-0.39, 0.29) is 38.6 Å². The van der Waals surface area contributed by atoms with E-state index in [0.717, 1.165) is 0 Å². The minimum Gasteiger partial charge on any atom is -0.477 e. The van der Waals surface area contributed by atoms with Gasteiger partial charge in [0.2, 0.25) is 5.91 Å². The molecule has 1 aliphatic heterocycles. The standard InChI is InChI=1S/C23H41NO13/c1-14(2)6-7-36-23(22(31)32)12-15(26)19(21(37-23)20(30)16(27)13-25)24-17(28)4-5-18(29)35-11-10-34-9-8-33-3/h14-16,19-21,25-27,30H,4-13H2,1-3H3,(H,24,28)(H,31,32). The molecule has 0 aromatic carbocycles. The lowest BCUT2D eigenvalue weighted by Gasteiger charge is -2.46. The number of nitrogens with one attached hydrogen (secondary N) is 1. The minimum atomic E-state index is -2.36. The number of carboxylic acid groups (broad SMARTS) is 1. The molecule has 37 heavy (non-hydrogen) atoms. The fourth-order valence-electron chi connectivity index (χ4n) is 3.51. The molecular weight excluding hydrogens is 498 g/mol. The fourth-order valence-corrected chi connectivity index (χ4v) is 3.51. The number of carbonyl (C=O) groups excluding carboxylic acids is 2. The molecule has 0 spiro atoms. The van der Waals surface area contributed by atoms with Crippen LogP contribution in [-0.4, -0.2) is 126 Å². The summed E-state index contributed by atoms with van der Waals surface area (Å²) >= 11 is 0. The van der Waals surface area contributed by atoms with Crippen molar-refractivity contribution in [1.82, 2.24) is 5.32 Å². The number of ether oxygens (including phenoxy) is 5. The Morgan fingerprint density at radius 1 is 1.08 bits per heavy atom. The Bertz CT molecular complexity index is 706. The first-order chi connectivity index (χ1) is 17.5. The van der Waals surface area contributed by atoms with Crippen LogP contribution >= 0.6 is 0 Å². The Morgan fingerprint density at radius 3 is 2.35 bits per heavy atom. The number of amides is 1. The molecule has 6 N–H and O–H groups in total. The first kappa shape index (κ1) is 33.1. The number of carboxylic acids is 1. The highest BCUT2D eigenvalue weighted by Gasteiger charge is 2.55. The summed E-state index contributed by atoms with van der Waals surface area (Å²) in [7, 11) is 1.52. The fraction of sp³-hybridized carbons (Fsp3) is 0.870. The Labute approximate surface area is 215 Å². The molecule has 0 aliphatic carbocycles. The number of aliphatic hydroxyl groups is 4. The summed E-state index contributed by atoms with van der Waals surface area (Å²) in [6.45, 7) is 3.75. The van der Waals surface area contributed by atoms with E-state index >= 15 is 0 Å². The van der Waals surface area contributed by atoms with Gasteiger partial charge in [-0.1, -0.05) is 13.8 Å². The molecule has 0 aromatic rings. The van der Waals surface area contributed by atoms with E-state index < -0.39 is 67.1 Å². The molecule has 6 unspecified atom stereocenters. The molecule has 216 valence electrons. The van der Waals surface area contributed by atoms with Gasteiger partial charge in [-0.25, -0.2) is 4.79 Å². The molecule has 14 nitrogen and oxygen atoms in total. The van der Waals surface area contributed by atoms with Crippen LogP contribution in [0.4, 0.5) is 0 Å². The number of hydrogen-bond donors (Lipinski definition) is 6. The highest BCUT2D eigenvalue weighted by Crippen LogP contribution is 2.34. The third-order valence-electron chi connectivity index (χ3n) is 5.65. The van der Waals surface area contributed by atoms with E-state index in [1.807, 2.05) is 13.8 Å². The van der Waals surface area contributed by atoms with Gasteiger partial charge >= 0.3 is 11.9 Å². The van der Waals surface area contributed by atoms with Crippen molar-refractivity contribution in [3.63, 3.8) is 0 Å². The number of aliphatic hydroxyl groups excluding tert-OH is 4. The van der Waals surface area contributed by atoms with Crippen LogP contribution in [-0.2, 0) is 38.1 Å². The summed E-state index contributed by atoms with van der Waals surface area (Å²) in [5.41, 5.74) is 0. The minimum absolute atomic E-state index is 0.0132. The monoisotopic (exact) mass is 539 g/mol. The van der Waals surface area contributed by atoms with Crippen molar-refractivity contribution in [3.8, 4) is 0 Å². The summed E-state index contributed by atoms with van der Waals surface area (Å²) < 4.78 is 26.0. The molecule has 0 radical (unpaired) electrons. The van der Waals surface area contributed by atoms with Crippen LogP contribution in [0.1, 0.15) is 39.5 Å². The Balaban J connectivity index is 2.81. The van der Waals surface area contributed by atoms with E-state index in [2.05, 4.69) is 5.32 Å². The summed E-state index contributed by atoms with van der Waals surface area (Å²) in [5, 5.41) is 52.7. The molecule has 0 saturated carbocycles. The molecule has 1 saturated heterocycles. The maximum Gasteiger partial charge on any atom is 0.364 e. The van der Waals surface area contributed by atoms with Crippen molar-refractivity contribution in [1.29, 1.82) is 0 Å². The Kier molecular flexibility index (Phi) is 15.1. The van der Waals surface area contributed by atoms with Crippen LogP contribution in [0.15, 0.2) is 0 Å². The highest BCUT2D eigenvalue weighted by atomic mass is 16.7. The molecule has 0 bridgehead atoms. The van der Waals surface area contributed by atoms with Crippen LogP contribution in [0.5, 0.6) is 0 Å². The van der Waals surface area contributed by atoms with Crippen molar-refractivity contribution >= 4 is 17.8 Å². The highest BCUT2D eigenvalue weighted by molar-refractivity contribution is 5.81. The molecule has 1 rings (SSSR count). The number of carbonyl (C=O) groups is 3. The topological polar surface area (TPSA) is 211 Å². The zero-order valence-electron chi connectivity index (χ0n) is 21.5. The summed E-state index contributed by atoms with van der Waals surface area (Å²) in [4.78, 5) is 36.4. The van der Waals surface area contributed by atoms with Crippen molar-refractivity contribution in [3.05, 3.63) is 0 Å². The molecule has 6 atom stereocenters. The second-order valence-corrected chi connectivity index (χ2v) is 9.10. The van der Waals surface area contributed by atoms with Gasteiger partial charge in [-0.05, 0) is 12.3 Å². The van der Waals surface area contributed by atoms with Crippen LogP contribution < -0.4 is 5.32 Å². The third-order valence-corrected chi connectivity index (χ3v) is 5.65. The quantitative estimate of drug-likeness (QED) is 0.0836. The number of methoxy groups -OCH3 is 1. The van der Waals surface area contributed by atoms with Gasteiger partial charge in [-0.3, -0.25) is 9.59 Å². The summed E-state index contributed by atoms with van der Waals surface area (Å²) in [5.74, 6) is -5.13. The molecule has 1 fully saturated rings. The van der Waals surface area contributed by atoms with Gasteiger partial charge in [0.05, 0.1) is 51.6 Å². The number of hydrogen-bond acceptors (Lipinski definition) is 12. The summed E-state index contributed by atoms with van der Waals surface area (Å²) in [6, 6.07) is -1.38. The van der Waals surface area contributed by atoms with Gasteiger partial charge in [0.25, 0.3) is 5.79 Å². The van der Waals surface area contributed by atoms with Gasteiger partial charge in [0.1, 0.15) is 24.9 Å². The van der Waals surface area contributed by atoms with E-state index in [0.29, 0.717) is 19.6 Å². The van der Waals surface area contributed by atoms with E-state index in [9.17, 15) is 39.9 Å². The maximum atomic E-state index is 12.5. The first-order valence-electron chi connectivity index (χ1n) is 12.2. The SMILES string of the molecule is COCCOCCOC(=O)CCC(=O)NC1C(O)CC(OCCC(C)C)(C(=O)O)OC1C(O)C(O)CO. The molecule has 0 aromatic heterocycles. The summed E-state index contributed by atoms with van der Waals surface area (Å²) in [6.07, 6.45) is -7.63. The molecular formula is C23H41NO13. The zero-order valence-corrected chi connectivity index (χ0v) is 21.5. The average molecular weight is 540 g/mol. The van der Waals surface area contributed by atoms with Gasteiger partial charge in [0, 0.05) is 20.0 Å². The number of esters is 1. The Morgan fingerprint density at radius 2 is 1.76 bits per heavy atom. The van der Waals surface area contributed by atoms with E-state index in [1.165, 1.54) is 7.11 Å². The van der Waals surface area contributed by atoms with Gasteiger partial charge < -0.3 is 54.5 Å². The maximum absolute atomic E-state index is 12.5. The first-order valence-corrected chi connectivity index (χ1v) is 12.2. The lowest BCUT2D eigenvalue weighted by molar-refractivity contribution is -0.311. The van der Waals surface area contributed by atoms with Crippen LogP contribution in [0.2, 0.25) is 0 Å². The lowest BCUT2D eigenvalue weighted by Crippen LogP contribution is -2.68. The number of aliphatic carboxylic acids is 1. The second kappa shape index (κ2) is 16.8. The van der Waals surface area contributed by atoms with E-state index in [4.69, 9.17) is 23.7 Å². The average Bonchev–Trinajstić information content (AvgIpc) is 2.84. The normalized spacial score (nSPS) is 25.5. The van der Waals surface area contributed by atoms with Gasteiger partial charge in [-0.15, -0.1) is 0 Å². The van der Waals surface area contributed by atoms with E-state index in [1.54, 1.807) is 0 Å². The molecule has 1 aliphatic rings. The molecule has 1 amide bonds. The molecule has 1 heterocycles. The second-order valence-electron chi connectivity index (χ2n) is 9.10. The third kappa shape index (κ3) is 11.2. The predicted octanol–water partition coefficient (Wildman–Crippen LogP) is -1.83. The van der Waals surface area contributed by atoms with Crippen molar-refractivity contribution in [2.24, 2.45) is 5.92 Å². The molecule has 14 heteroatoms. The van der Waals surface area contributed by atoms with Gasteiger partial charge in [0.15, 0.2) is 0 Å². The van der Waals surface area contributed by atoms with Crippen LogP contribution in [0.3, 0.4) is 0 Å². The van der Waals surface area contributed by atoms with Gasteiger partial charge in [-0.2, -0.15) is 0 Å². The van der Waals surface area contributed by atoms with Crippen molar-refractivity contribution in [2.75, 3.05) is 46.8 Å². The lowest BCUT2D eigenvalue weighted by atomic mass is 9.88. The zero-order chi connectivity index (χ0) is 28.0. The van der Waals surface area contributed by atoms with Crippen LogP contribution in [0, 0.1) is 5.92 Å². The smallest absolute Gasteiger partial charge is 0.364 e. The van der Waals surface area contributed by atoms with Crippen molar-refractivity contribution < 1.29 is 63.6 Å². The largest absolute Gasteiger partial charge is 0.477 e. The van der Waals surface area contributed by atoms with Crippen molar-refractivity contribution in [2.45, 2.75) is 75.8 Å². The number of rotatable bonds is 18. The Hall–Kier alpha value is -1.91.